The topological polar surface area (TPSA) is 59.8 Å². The molecule has 1 aliphatic carbocycles. The first-order valence-corrected chi connectivity index (χ1v) is 11.8. The van der Waals surface area contributed by atoms with Crippen LogP contribution in [0.4, 0.5) is 10.1 Å². The lowest BCUT2D eigenvalue weighted by atomic mass is 9.95. The average Bonchev–Trinajstić information content (AvgIpc) is 3.14. The number of halogens is 1. The van der Waals surface area contributed by atoms with Crippen molar-refractivity contribution in [1.82, 2.24) is 14.8 Å². The molecule has 2 heterocycles. The van der Waals surface area contributed by atoms with Crippen molar-refractivity contribution in [2.75, 3.05) is 5.32 Å². The summed E-state index contributed by atoms with van der Waals surface area (Å²) in [6, 6.07) is 14.8. The van der Waals surface area contributed by atoms with E-state index >= 15 is 0 Å². The molecule has 1 saturated carbocycles. The number of carbonyl (C=O) groups is 1. The smallest absolute Gasteiger partial charge is 0.237 e. The van der Waals surface area contributed by atoms with Crippen molar-refractivity contribution >= 4 is 23.4 Å². The van der Waals surface area contributed by atoms with E-state index in [2.05, 4.69) is 26.1 Å². The molecule has 1 aliphatic heterocycles. The van der Waals surface area contributed by atoms with Crippen LogP contribution in [0, 0.1) is 5.82 Å². The Morgan fingerprint density at radius 3 is 2.68 bits per heavy atom. The fourth-order valence-electron chi connectivity index (χ4n) is 4.58. The fourth-order valence-corrected chi connectivity index (χ4v) is 5.67. The molecule has 1 atom stereocenters. The van der Waals surface area contributed by atoms with Crippen LogP contribution in [-0.2, 0) is 11.2 Å². The predicted octanol–water partition coefficient (Wildman–Crippen LogP) is 5.64. The quantitative estimate of drug-likeness (QED) is 0.575. The molecule has 1 unspecified atom stereocenters. The maximum absolute atomic E-state index is 13.9. The minimum atomic E-state index is -0.286. The van der Waals surface area contributed by atoms with E-state index in [-0.39, 0.29) is 23.0 Å². The minimum absolute atomic E-state index is 0.000416. The molecule has 0 radical (unpaired) electrons. The van der Waals surface area contributed by atoms with Crippen molar-refractivity contribution < 1.29 is 9.18 Å². The molecule has 5 rings (SSSR count). The molecule has 1 N–H and O–H groups in total. The highest BCUT2D eigenvalue weighted by Crippen LogP contribution is 2.38. The van der Waals surface area contributed by atoms with Crippen LogP contribution >= 0.6 is 11.8 Å². The Morgan fingerprint density at radius 1 is 1.00 bits per heavy atom. The summed E-state index contributed by atoms with van der Waals surface area (Å²) in [7, 11) is 0. The molecular formula is C24H25FN4OS. The van der Waals surface area contributed by atoms with Gasteiger partial charge >= 0.3 is 0 Å². The Hall–Kier alpha value is -2.67. The molecule has 0 bridgehead atoms. The van der Waals surface area contributed by atoms with Gasteiger partial charge in [0.1, 0.15) is 5.82 Å². The zero-order chi connectivity index (χ0) is 21.2. The lowest BCUT2D eigenvalue weighted by Crippen LogP contribution is -2.24. The van der Waals surface area contributed by atoms with Crippen LogP contribution in [0.2, 0.25) is 0 Å². The first kappa shape index (κ1) is 20.2. The second kappa shape index (κ2) is 8.83. The zero-order valence-corrected chi connectivity index (χ0v) is 18.1. The molecule has 1 aromatic heterocycles. The number of aryl methyl sites for hydroxylation is 1. The summed E-state index contributed by atoms with van der Waals surface area (Å²) in [5.74, 6) is 0.400. The third kappa shape index (κ3) is 4.24. The Kier molecular flexibility index (Phi) is 5.76. The number of hydrogen-bond donors (Lipinski definition) is 1. The van der Waals surface area contributed by atoms with E-state index in [1.165, 1.54) is 30.3 Å². The number of hydrogen-bond acceptors (Lipinski definition) is 4. The van der Waals surface area contributed by atoms with Crippen LogP contribution < -0.4 is 5.32 Å². The van der Waals surface area contributed by atoms with Gasteiger partial charge in [0, 0.05) is 17.3 Å². The number of aromatic nitrogens is 3. The van der Waals surface area contributed by atoms with Crippen LogP contribution in [0.1, 0.15) is 50.1 Å². The standard InChI is InChI=1S/C24H25FN4OS/c25-18-9-6-8-17(15-18)22-27-28-24(29(22)19-10-2-1-3-11-19)31-21-14-13-16-7-4-5-12-20(16)26-23(21)30/h4-9,12,15,19,21H,1-3,10-11,13-14H2,(H,26,30). The highest BCUT2D eigenvalue weighted by atomic mass is 32.2. The van der Waals surface area contributed by atoms with Gasteiger partial charge in [-0.25, -0.2) is 4.39 Å². The number of fused-ring (bicyclic) bond motifs is 1. The van der Waals surface area contributed by atoms with Crippen molar-refractivity contribution in [1.29, 1.82) is 0 Å². The number of nitrogens with zero attached hydrogens (tertiary/aromatic N) is 3. The molecule has 1 amide bonds. The summed E-state index contributed by atoms with van der Waals surface area (Å²) in [6.45, 7) is 0. The monoisotopic (exact) mass is 436 g/mol. The molecule has 0 saturated heterocycles. The van der Waals surface area contributed by atoms with Gasteiger partial charge in [0.05, 0.1) is 5.25 Å². The molecule has 2 aromatic carbocycles. The lowest BCUT2D eigenvalue weighted by molar-refractivity contribution is -0.115. The van der Waals surface area contributed by atoms with E-state index in [1.54, 1.807) is 6.07 Å². The Bertz CT molecular complexity index is 1090. The number of nitrogens with one attached hydrogen (secondary N) is 1. The Balaban J connectivity index is 1.47. The first-order chi connectivity index (χ1) is 15.2. The normalized spacial score (nSPS) is 19.5. The highest BCUT2D eigenvalue weighted by molar-refractivity contribution is 8.00. The van der Waals surface area contributed by atoms with E-state index in [4.69, 9.17) is 0 Å². The van der Waals surface area contributed by atoms with E-state index in [0.717, 1.165) is 60.5 Å². The van der Waals surface area contributed by atoms with Crippen molar-refractivity contribution in [2.45, 2.75) is 61.4 Å². The van der Waals surface area contributed by atoms with Gasteiger partial charge in [-0.05, 0) is 49.4 Å². The van der Waals surface area contributed by atoms with Gasteiger partial charge in [-0.1, -0.05) is 61.4 Å². The average molecular weight is 437 g/mol. The zero-order valence-electron chi connectivity index (χ0n) is 17.3. The largest absolute Gasteiger partial charge is 0.325 e. The van der Waals surface area contributed by atoms with Crippen molar-refractivity contribution in [3.8, 4) is 11.4 Å². The van der Waals surface area contributed by atoms with Crippen LogP contribution in [0.15, 0.2) is 53.7 Å². The van der Waals surface area contributed by atoms with Gasteiger partial charge in [-0.3, -0.25) is 9.36 Å². The third-order valence-corrected chi connectivity index (χ3v) is 7.40. The summed E-state index contributed by atoms with van der Waals surface area (Å²) in [6.07, 6.45) is 7.23. The lowest BCUT2D eigenvalue weighted by Gasteiger charge is -2.26. The Labute approximate surface area is 185 Å². The highest BCUT2D eigenvalue weighted by Gasteiger charge is 2.30. The summed E-state index contributed by atoms with van der Waals surface area (Å²) in [5, 5.41) is 12.5. The van der Waals surface area contributed by atoms with E-state index < -0.39 is 0 Å². The second-order valence-corrected chi connectivity index (χ2v) is 9.44. The predicted molar refractivity (Wildman–Crippen MR) is 121 cm³/mol. The maximum Gasteiger partial charge on any atom is 0.237 e. The number of benzene rings is 2. The number of rotatable bonds is 4. The van der Waals surface area contributed by atoms with Crippen molar-refractivity contribution in [3.05, 3.63) is 59.9 Å². The Morgan fingerprint density at radius 2 is 1.84 bits per heavy atom. The summed E-state index contributed by atoms with van der Waals surface area (Å²) in [5.41, 5.74) is 2.78. The van der Waals surface area contributed by atoms with Crippen LogP contribution in [0.3, 0.4) is 0 Å². The molecule has 2 aliphatic rings. The van der Waals surface area contributed by atoms with Gasteiger partial charge in [0.25, 0.3) is 0 Å². The van der Waals surface area contributed by atoms with E-state index in [9.17, 15) is 9.18 Å². The molecular weight excluding hydrogens is 411 g/mol. The first-order valence-electron chi connectivity index (χ1n) is 11.0. The van der Waals surface area contributed by atoms with E-state index in [0.29, 0.717) is 5.82 Å². The molecule has 7 heteroatoms. The second-order valence-electron chi connectivity index (χ2n) is 8.27. The summed E-state index contributed by atoms with van der Waals surface area (Å²) < 4.78 is 16.1. The molecule has 0 spiro atoms. The molecule has 160 valence electrons. The third-order valence-electron chi connectivity index (χ3n) is 6.18. The van der Waals surface area contributed by atoms with E-state index in [1.807, 2.05) is 24.3 Å². The van der Waals surface area contributed by atoms with Gasteiger partial charge in [-0.2, -0.15) is 0 Å². The van der Waals surface area contributed by atoms with Gasteiger partial charge in [-0.15, -0.1) is 10.2 Å². The number of carbonyl (C=O) groups excluding carboxylic acids is 1. The van der Waals surface area contributed by atoms with Crippen molar-refractivity contribution in [3.63, 3.8) is 0 Å². The van der Waals surface area contributed by atoms with Gasteiger partial charge in [0.15, 0.2) is 11.0 Å². The number of anilines is 1. The number of amides is 1. The number of thioether (sulfide) groups is 1. The van der Waals surface area contributed by atoms with Crippen LogP contribution in [0.5, 0.6) is 0 Å². The molecule has 5 nitrogen and oxygen atoms in total. The van der Waals surface area contributed by atoms with Gasteiger partial charge in [0.2, 0.25) is 5.91 Å². The van der Waals surface area contributed by atoms with Crippen LogP contribution in [0.25, 0.3) is 11.4 Å². The number of para-hydroxylation sites is 1. The molecule has 1 fully saturated rings. The fraction of sp³-hybridized carbons (Fsp3) is 0.375. The molecule has 31 heavy (non-hydrogen) atoms. The summed E-state index contributed by atoms with van der Waals surface area (Å²) in [4.78, 5) is 13.0. The summed E-state index contributed by atoms with van der Waals surface area (Å²) >= 11 is 1.48. The SMILES string of the molecule is O=C1Nc2ccccc2CCC1Sc1nnc(-c2cccc(F)c2)n1C1CCCCC1. The molecule has 3 aromatic rings. The van der Waals surface area contributed by atoms with Crippen LogP contribution in [-0.4, -0.2) is 25.9 Å². The van der Waals surface area contributed by atoms with Crippen molar-refractivity contribution in [2.24, 2.45) is 0 Å². The van der Waals surface area contributed by atoms with Gasteiger partial charge < -0.3 is 5.32 Å². The minimum Gasteiger partial charge on any atom is -0.325 e. The maximum atomic E-state index is 13.9.